The number of amides is 2. The van der Waals surface area contributed by atoms with Gasteiger partial charge in [-0.1, -0.05) is 23.7 Å². The average molecular weight is 376 g/mol. The van der Waals surface area contributed by atoms with Crippen molar-refractivity contribution in [3.8, 4) is 11.3 Å². The van der Waals surface area contributed by atoms with E-state index in [-0.39, 0.29) is 17.7 Å². The van der Waals surface area contributed by atoms with Gasteiger partial charge in [0.05, 0.1) is 11.2 Å². The van der Waals surface area contributed by atoms with Crippen molar-refractivity contribution in [2.24, 2.45) is 5.92 Å². The van der Waals surface area contributed by atoms with E-state index in [0.29, 0.717) is 55.4 Å². The van der Waals surface area contributed by atoms with Crippen molar-refractivity contribution in [1.82, 2.24) is 15.2 Å². The third-order valence-corrected chi connectivity index (χ3v) is 5.04. The Morgan fingerprint density at radius 3 is 2.73 bits per heavy atom. The van der Waals surface area contributed by atoms with Crippen molar-refractivity contribution in [3.05, 3.63) is 41.4 Å². The summed E-state index contributed by atoms with van der Waals surface area (Å²) >= 11 is 6.16. The number of nitrogens with zero attached hydrogens (tertiary/aromatic N) is 2. The molecule has 1 N–H and O–H groups in total. The van der Waals surface area contributed by atoms with Crippen LogP contribution in [0.4, 0.5) is 0 Å². The fraction of sp³-hybridized carbons (Fsp3) is 0.421. The van der Waals surface area contributed by atoms with Gasteiger partial charge >= 0.3 is 0 Å². The Morgan fingerprint density at radius 1 is 1.31 bits per heavy atom. The molecule has 1 aromatic heterocycles. The highest BCUT2D eigenvalue weighted by atomic mass is 35.5. The monoisotopic (exact) mass is 375 g/mol. The summed E-state index contributed by atoms with van der Waals surface area (Å²) in [4.78, 5) is 30.1. The molecule has 0 radical (unpaired) electrons. The number of likely N-dealkylation sites (tertiary alicyclic amines) is 1. The molecule has 2 heterocycles. The summed E-state index contributed by atoms with van der Waals surface area (Å²) in [5.74, 6) is 1.26. The van der Waals surface area contributed by atoms with Crippen molar-refractivity contribution in [3.63, 3.8) is 0 Å². The fourth-order valence-electron chi connectivity index (χ4n) is 3.18. The summed E-state index contributed by atoms with van der Waals surface area (Å²) < 4.78 is 5.73. The van der Waals surface area contributed by atoms with Crippen LogP contribution >= 0.6 is 11.6 Å². The lowest BCUT2D eigenvalue weighted by Gasteiger charge is -2.31. The van der Waals surface area contributed by atoms with Crippen LogP contribution in [0.2, 0.25) is 5.02 Å². The van der Waals surface area contributed by atoms with Crippen LogP contribution in [0.3, 0.4) is 0 Å². The first kappa shape index (κ1) is 18.5. The molecule has 0 aliphatic carbocycles. The molecule has 1 aliphatic rings. The lowest BCUT2D eigenvalue weighted by molar-refractivity contribution is -0.135. The van der Waals surface area contributed by atoms with Crippen LogP contribution in [-0.2, 0) is 16.0 Å². The molecule has 3 rings (SSSR count). The number of aryl methyl sites for hydroxylation is 1. The van der Waals surface area contributed by atoms with Crippen LogP contribution in [0.5, 0.6) is 0 Å². The lowest BCUT2D eigenvalue weighted by atomic mass is 9.96. The van der Waals surface area contributed by atoms with Gasteiger partial charge in [-0.15, -0.1) is 0 Å². The second-order valence-electron chi connectivity index (χ2n) is 6.37. The van der Waals surface area contributed by atoms with Crippen molar-refractivity contribution in [2.45, 2.75) is 25.7 Å². The molecule has 1 aromatic carbocycles. The first-order valence-corrected chi connectivity index (χ1v) is 9.15. The number of piperidine rings is 1. The molecule has 2 amide bonds. The predicted octanol–water partition coefficient (Wildman–Crippen LogP) is 2.91. The number of carbonyl (C=O) groups is 2. The Kier molecular flexibility index (Phi) is 5.93. The van der Waals surface area contributed by atoms with Gasteiger partial charge in [0.1, 0.15) is 0 Å². The van der Waals surface area contributed by atoms with E-state index in [4.69, 9.17) is 16.0 Å². The molecule has 2 aromatic rings. The summed E-state index contributed by atoms with van der Waals surface area (Å²) in [5.41, 5.74) is 0.788. The predicted molar refractivity (Wildman–Crippen MR) is 98.6 cm³/mol. The quantitative estimate of drug-likeness (QED) is 0.871. The average Bonchev–Trinajstić information content (AvgIpc) is 3.14. The first-order valence-electron chi connectivity index (χ1n) is 8.77. The Bertz CT molecular complexity index is 782. The molecule has 1 aliphatic heterocycles. The fourth-order valence-corrected chi connectivity index (χ4v) is 3.41. The van der Waals surface area contributed by atoms with Gasteiger partial charge in [0.2, 0.25) is 11.8 Å². The lowest BCUT2D eigenvalue weighted by Crippen LogP contribution is -2.42. The number of aromatic nitrogens is 1. The highest BCUT2D eigenvalue weighted by molar-refractivity contribution is 6.33. The van der Waals surface area contributed by atoms with Gasteiger partial charge in [-0.25, -0.2) is 4.98 Å². The molecule has 1 fully saturated rings. The second kappa shape index (κ2) is 8.36. The van der Waals surface area contributed by atoms with E-state index in [2.05, 4.69) is 10.3 Å². The molecular formula is C19H22ClN3O3. The molecule has 6 nitrogen and oxygen atoms in total. The third kappa shape index (κ3) is 4.25. The smallest absolute Gasteiger partial charge is 0.223 e. The highest BCUT2D eigenvalue weighted by Gasteiger charge is 2.26. The number of rotatable bonds is 5. The van der Waals surface area contributed by atoms with Gasteiger partial charge in [0.25, 0.3) is 0 Å². The summed E-state index contributed by atoms with van der Waals surface area (Å²) in [6.07, 6.45) is 3.84. The van der Waals surface area contributed by atoms with Gasteiger partial charge < -0.3 is 14.6 Å². The number of halogens is 1. The third-order valence-electron chi connectivity index (χ3n) is 4.71. The topological polar surface area (TPSA) is 75.4 Å². The van der Waals surface area contributed by atoms with Crippen LogP contribution in [-0.4, -0.2) is 41.8 Å². The largest absolute Gasteiger partial charge is 0.441 e. The number of oxazole rings is 1. The van der Waals surface area contributed by atoms with E-state index < -0.39 is 0 Å². The van der Waals surface area contributed by atoms with Gasteiger partial charge in [-0.05, 0) is 25.0 Å². The van der Waals surface area contributed by atoms with E-state index in [1.807, 2.05) is 23.1 Å². The maximum atomic E-state index is 12.4. The molecule has 7 heteroatoms. The molecule has 0 spiro atoms. The van der Waals surface area contributed by atoms with Crippen molar-refractivity contribution < 1.29 is 14.0 Å². The molecule has 0 unspecified atom stereocenters. The van der Waals surface area contributed by atoms with Gasteiger partial charge in [0, 0.05) is 44.5 Å². The van der Waals surface area contributed by atoms with Crippen molar-refractivity contribution in [2.75, 3.05) is 20.1 Å². The first-order chi connectivity index (χ1) is 12.6. The maximum Gasteiger partial charge on any atom is 0.223 e. The molecule has 138 valence electrons. The maximum absolute atomic E-state index is 12.4. The highest BCUT2D eigenvalue weighted by Crippen LogP contribution is 2.28. The van der Waals surface area contributed by atoms with E-state index in [1.165, 1.54) is 0 Å². The summed E-state index contributed by atoms with van der Waals surface area (Å²) in [6.45, 7) is 1.24. The SMILES string of the molecule is CNC(=O)C1CCN(C(=O)CCc2ncc(-c3ccccc3Cl)o2)CC1. The van der Waals surface area contributed by atoms with Gasteiger partial charge in [0.15, 0.2) is 11.7 Å². The van der Waals surface area contributed by atoms with E-state index in [0.717, 1.165) is 5.56 Å². The molecule has 1 saturated heterocycles. The number of nitrogens with one attached hydrogen (secondary N) is 1. The molecule has 0 atom stereocenters. The number of carbonyl (C=O) groups excluding carboxylic acids is 2. The Balaban J connectivity index is 1.51. The van der Waals surface area contributed by atoms with E-state index in [9.17, 15) is 9.59 Å². The zero-order chi connectivity index (χ0) is 18.5. The Labute approximate surface area is 157 Å². The zero-order valence-corrected chi connectivity index (χ0v) is 15.5. The molecule has 0 bridgehead atoms. The minimum absolute atomic E-state index is 0.00831. The number of benzene rings is 1. The minimum Gasteiger partial charge on any atom is -0.441 e. The summed E-state index contributed by atoms with van der Waals surface area (Å²) in [5, 5.41) is 3.27. The minimum atomic E-state index is 0.00831. The summed E-state index contributed by atoms with van der Waals surface area (Å²) in [7, 11) is 1.65. The summed E-state index contributed by atoms with van der Waals surface area (Å²) in [6, 6.07) is 7.41. The number of hydrogen-bond acceptors (Lipinski definition) is 4. The zero-order valence-electron chi connectivity index (χ0n) is 14.7. The second-order valence-corrected chi connectivity index (χ2v) is 6.77. The number of hydrogen-bond donors (Lipinski definition) is 1. The normalized spacial score (nSPS) is 15.1. The van der Waals surface area contributed by atoms with Crippen LogP contribution in [0, 0.1) is 5.92 Å². The van der Waals surface area contributed by atoms with E-state index in [1.54, 1.807) is 19.3 Å². The molecular weight excluding hydrogens is 354 g/mol. The van der Waals surface area contributed by atoms with Crippen molar-refractivity contribution in [1.29, 1.82) is 0 Å². The van der Waals surface area contributed by atoms with E-state index >= 15 is 0 Å². The van der Waals surface area contributed by atoms with Crippen molar-refractivity contribution >= 4 is 23.4 Å². The Morgan fingerprint density at radius 2 is 2.04 bits per heavy atom. The van der Waals surface area contributed by atoms with Crippen LogP contribution in [0.15, 0.2) is 34.9 Å². The molecule has 0 saturated carbocycles. The van der Waals surface area contributed by atoms with Gasteiger partial charge in [-0.3, -0.25) is 9.59 Å². The van der Waals surface area contributed by atoms with Gasteiger partial charge in [-0.2, -0.15) is 0 Å². The molecule has 26 heavy (non-hydrogen) atoms. The van der Waals surface area contributed by atoms with Crippen LogP contribution < -0.4 is 5.32 Å². The van der Waals surface area contributed by atoms with Crippen LogP contribution in [0.25, 0.3) is 11.3 Å². The standard InChI is InChI=1S/C19H22ClN3O3/c1-21-19(25)13-8-10-23(11-9-13)18(24)7-6-17-22-12-16(26-17)14-4-2-3-5-15(14)20/h2-5,12-13H,6-11H2,1H3,(H,21,25). The Hall–Kier alpha value is -2.34. The van der Waals surface area contributed by atoms with Crippen LogP contribution in [0.1, 0.15) is 25.2 Å².